The van der Waals surface area contributed by atoms with Gasteiger partial charge in [-0.15, -0.1) is 0 Å². The second-order valence-corrected chi connectivity index (χ2v) is 27.7. The van der Waals surface area contributed by atoms with Gasteiger partial charge >= 0.3 is 0 Å². The van der Waals surface area contributed by atoms with Crippen LogP contribution in [0.1, 0.15) is 93.5 Å². The Morgan fingerprint density at radius 1 is 0.337 bits per heavy atom. The van der Waals surface area contributed by atoms with E-state index >= 15 is 8.78 Å². The molecule has 0 spiro atoms. The lowest BCUT2D eigenvalue weighted by atomic mass is 9.66. The van der Waals surface area contributed by atoms with Gasteiger partial charge < -0.3 is 28.7 Å². The van der Waals surface area contributed by atoms with Crippen LogP contribution in [0, 0.1) is 50.2 Å². The lowest BCUT2D eigenvalue weighted by Crippen LogP contribution is -2.46. The summed E-state index contributed by atoms with van der Waals surface area (Å²) >= 11 is 0. The highest BCUT2D eigenvalue weighted by Crippen LogP contribution is 2.60. The third-order valence-corrected chi connectivity index (χ3v) is 21.7. The summed E-state index contributed by atoms with van der Waals surface area (Å²) in [7, 11) is 0. The Bertz CT molecular complexity index is 4640. The van der Waals surface area contributed by atoms with Crippen LogP contribution in [-0.4, -0.2) is 39.6 Å². The van der Waals surface area contributed by atoms with E-state index in [0.29, 0.717) is 13.2 Å². The van der Waals surface area contributed by atoms with Crippen molar-refractivity contribution in [1.82, 2.24) is 0 Å². The first-order valence-corrected chi connectivity index (χ1v) is 34.4. The molecule has 0 amide bonds. The largest absolute Gasteiger partial charge is 0.493 e. The Hall–Kier alpha value is -10.4. The predicted molar refractivity (Wildman–Crippen MR) is 393 cm³/mol. The molecule has 486 valence electrons. The number of fused-ring (bicyclic) bond motifs is 6. The fourth-order valence-electron chi connectivity index (χ4n) is 15.9. The van der Waals surface area contributed by atoms with Gasteiger partial charge in [0.2, 0.25) is 0 Å². The zero-order chi connectivity index (χ0) is 66.9. The van der Waals surface area contributed by atoms with Gasteiger partial charge in [-0.2, -0.15) is 0 Å². The molecule has 2 aliphatic heterocycles. The van der Waals surface area contributed by atoms with E-state index in [1.807, 2.05) is 24.3 Å². The molecule has 0 bridgehead atoms. The molecule has 2 unspecified atom stereocenters. The molecule has 4 aliphatic rings. The van der Waals surface area contributed by atoms with Crippen molar-refractivity contribution < 1.29 is 27.7 Å². The van der Waals surface area contributed by atoms with E-state index in [2.05, 4.69) is 270 Å². The van der Waals surface area contributed by atoms with E-state index < -0.39 is 10.8 Å². The van der Waals surface area contributed by atoms with E-state index in [1.165, 1.54) is 79.9 Å². The summed E-state index contributed by atoms with van der Waals surface area (Å²) in [6.45, 7) is 17.3. The first-order chi connectivity index (χ1) is 47.8. The van der Waals surface area contributed by atoms with Crippen molar-refractivity contribution in [1.29, 1.82) is 0 Å². The van der Waals surface area contributed by atoms with Gasteiger partial charge in [0.05, 0.1) is 61.3 Å². The van der Waals surface area contributed by atoms with E-state index in [0.717, 1.165) is 129 Å². The molecular formula is C90H78F2N2O4. The van der Waals surface area contributed by atoms with E-state index in [4.69, 9.17) is 18.9 Å². The molecule has 2 heterocycles. The molecule has 2 saturated heterocycles. The van der Waals surface area contributed by atoms with Crippen LogP contribution in [0.2, 0.25) is 0 Å². The Morgan fingerprint density at radius 2 is 0.673 bits per heavy atom. The Morgan fingerprint density at radius 3 is 1.02 bits per heavy atom. The SMILES string of the molecule is CCC1(COc2ccc(C3(c4cc(C)ccc4C)c4ccccc4-c4ccc(N(c5ccc(F)cc5)c5ccc(-c6ccc(N(c7ccc(F)cc7)c7ccc8c(c7)C(c7ccc(OCC9(CC)COC9)cc7)(c7cc(C)ccc7C)c7ccccc7-8)cc6)cc5)cc43)cc2)COC1. The number of nitrogens with zero attached hydrogens (tertiary/aromatic N) is 2. The standard InChI is InChI=1S/C90H78F2N2O4/c1-7-87(53-95-54-87)57-97-75-43-25-65(26-44-75)89(83-49-59(3)17-19-61(83)5)81-15-11-9-13-77(81)79-47-41-73(51-85(79)89)93(71-37-29-67(91)30-38-71)69-33-21-63(22-34-69)64-23-35-70(36-24-64)94(72-39-31-68(92)32-40-72)74-42-48-80-78-14-10-12-16-82(78)90(86(80)52-74,84-50-60(4)18-20-62(84)6)66-27-45-76(46-28-66)98-58-88(8-2)55-96-56-88/h9-52H,7-8,53-58H2,1-6H3. The summed E-state index contributed by atoms with van der Waals surface area (Å²) in [5, 5.41) is 0. The van der Waals surface area contributed by atoms with Gasteiger partial charge in [0.25, 0.3) is 0 Å². The summed E-state index contributed by atoms with van der Waals surface area (Å²) in [4.78, 5) is 4.47. The number of hydrogen-bond donors (Lipinski definition) is 0. The maximum atomic E-state index is 15.0. The molecule has 12 aromatic carbocycles. The summed E-state index contributed by atoms with van der Waals surface area (Å²) in [5.41, 5.74) is 25.0. The minimum Gasteiger partial charge on any atom is -0.493 e. The molecular weight excluding hydrogens is 1210 g/mol. The van der Waals surface area contributed by atoms with E-state index in [1.54, 1.807) is 0 Å². The van der Waals surface area contributed by atoms with Crippen LogP contribution >= 0.6 is 0 Å². The number of rotatable bonds is 19. The van der Waals surface area contributed by atoms with E-state index in [-0.39, 0.29) is 22.5 Å². The second-order valence-electron chi connectivity index (χ2n) is 27.7. The van der Waals surface area contributed by atoms with Crippen molar-refractivity contribution in [3.8, 4) is 44.9 Å². The zero-order valence-corrected chi connectivity index (χ0v) is 56.3. The van der Waals surface area contributed by atoms with Crippen LogP contribution in [0.3, 0.4) is 0 Å². The Labute approximate surface area is 574 Å². The number of hydrogen-bond acceptors (Lipinski definition) is 6. The topological polar surface area (TPSA) is 43.4 Å². The number of anilines is 6. The molecule has 12 aromatic rings. The summed E-state index contributed by atoms with van der Waals surface area (Å²) in [6, 6.07) is 93.4. The molecule has 16 rings (SSSR count). The molecule has 98 heavy (non-hydrogen) atoms. The maximum Gasteiger partial charge on any atom is 0.123 e. The molecule has 0 aromatic heterocycles. The minimum absolute atomic E-state index is 0.0468. The Kier molecular flexibility index (Phi) is 15.9. The van der Waals surface area contributed by atoms with Crippen LogP contribution < -0.4 is 19.3 Å². The third-order valence-electron chi connectivity index (χ3n) is 21.7. The number of benzene rings is 12. The number of ether oxygens (including phenoxy) is 4. The molecule has 8 heteroatoms. The van der Waals surface area contributed by atoms with Crippen molar-refractivity contribution in [2.24, 2.45) is 10.8 Å². The fourth-order valence-corrected chi connectivity index (χ4v) is 15.9. The van der Waals surface area contributed by atoms with Gasteiger partial charge in [0, 0.05) is 34.1 Å². The fraction of sp³-hybridized carbons (Fsp3) is 0.200. The summed E-state index contributed by atoms with van der Waals surface area (Å²) in [6.07, 6.45) is 2.00. The molecule has 0 saturated carbocycles. The third kappa shape index (κ3) is 10.5. The quantitative estimate of drug-likeness (QED) is 0.0804. The molecule has 0 N–H and O–H groups in total. The molecule has 0 radical (unpaired) electrons. The lowest BCUT2D eigenvalue weighted by molar-refractivity contribution is -0.133. The van der Waals surface area contributed by atoms with Gasteiger partial charge in [0.1, 0.15) is 23.1 Å². The highest BCUT2D eigenvalue weighted by molar-refractivity contribution is 5.92. The second kappa shape index (κ2) is 24.9. The molecule has 2 fully saturated rings. The van der Waals surface area contributed by atoms with Crippen LogP contribution in [0.25, 0.3) is 33.4 Å². The summed E-state index contributed by atoms with van der Waals surface area (Å²) < 4.78 is 54.4. The molecule has 2 aliphatic carbocycles. The lowest BCUT2D eigenvalue weighted by Gasteiger charge is -2.40. The van der Waals surface area contributed by atoms with Gasteiger partial charge in [-0.25, -0.2) is 8.78 Å². The van der Waals surface area contributed by atoms with Gasteiger partial charge in [-0.05, 0) is 251 Å². The average molecular weight is 1290 g/mol. The van der Waals surface area contributed by atoms with Crippen LogP contribution in [0.5, 0.6) is 11.5 Å². The van der Waals surface area contributed by atoms with Crippen LogP contribution in [0.15, 0.2) is 267 Å². The normalized spacial score (nSPS) is 17.3. The number of halogens is 2. The van der Waals surface area contributed by atoms with Crippen molar-refractivity contribution in [2.75, 3.05) is 49.4 Å². The highest BCUT2D eigenvalue weighted by Gasteiger charge is 2.49. The van der Waals surface area contributed by atoms with Crippen molar-refractivity contribution >= 4 is 34.1 Å². The smallest absolute Gasteiger partial charge is 0.123 e. The van der Waals surface area contributed by atoms with Crippen LogP contribution in [0.4, 0.5) is 42.9 Å². The summed E-state index contributed by atoms with van der Waals surface area (Å²) in [5.74, 6) is 1.06. The van der Waals surface area contributed by atoms with Crippen molar-refractivity contribution in [3.05, 3.63) is 345 Å². The number of aryl methyl sites for hydroxylation is 4. The monoisotopic (exact) mass is 1290 g/mol. The van der Waals surface area contributed by atoms with Crippen molar-refractivity contribution in [3.63, 3.8) is 0 Å². The van der Waals surface area contributed by atoms with Gasteiger partial charge in [0.15, 0.2) is 0 Å². The van der Waals surface area contributed by atoms with Gasteiger partial charge in [-0.3, -0.25) is 0 Å². The maximum absolute atomic E-state index is 15.0. The Balaban J connectivity index is 0.769. The molecule has 6 nitrogen and oxygen atoms in total. The first kappa shape index (κ1) is 62.4. The minimum atomic E-state index is -0.704. The van der Waals surface area contributed by atoms with Crippen LogP contribution in [-0.2, 0) is 20.3 Å². The average Bonchev–Trinajstić information content (AvgIpc) is 1.52. The first-order valence-electron chi connectivity index (χ1n) is 34.4. The predicted octanol–water partition coefficient (Wildman–Crippen LogP) is 22.1. The van der Waals surface area contributed by atoms with Gasteiger partial charge in [-0.1, -0.05) is 171 Å². The molecule has 2 atom stereocenters. The van der Waals surface area contributed by atoms with E-state index in [9.17, 15) is 0 Å². The highest BCUT2D eigenvalue weighted by atomic mass is 19.1. The zero-order valence-electron chi connectivity index (χ0n) is 56.3. The van der Waals surface area contributed by atoms with Crippen molar-refractivity contribution in [2.45, 2.75) is 65.2 Å².